The maximum atomic E-state index is 12.9. The van der Waals surface area contributed by atoms with Crippen LogP contribution in [0.3, 0.4) is 0 Å². The summed E-state index contributed by atoms with van der Waals surface area (Å²) in [5.74, 6) is 0.0882. The zero-order valence-corrected chi connectivity index (χ0v) is 15.2. The van der Waals surface area contributed by atoms with Crippen molar-refractivity contribution in [1.82, 2.24) is 9.47 Å². The van der Waals surface area contributed by atoms with Crippen molar-refractivity contribution in [2.75, 3.05) is 6.54 Å². The number of aromatic nitrogens is 1. The molecule has 0 atom stereocenters. The van der Waals surface area contributed by atoms with Crippen molar-refractivity contribution in [1.29, 1.82) is 0 Å². The van der Waals surface area contributed by atoms with Crippen molar-refractivity contribution in [2.24, 2.45) is 0 Å². The Balaban J connectivity index is 2.16. The number of unbranched alkanes of at least 4 members (excludes halogenated alkanes) is 1. The molecule has 1 heterocycles. The molecule has 26 heavy (non-hydrogen) atoms. The van der Waals surface area contributed by atoms with Gasteiger partial charge in [-0.05, 0) is 36.2 Å². The maximum absolute atomic E-state index is 12.9. The van der Waals surface area contributed by atoms with Crippen molar-refractivity contribution in [3.05, 3.63) is 59.4 Å². The number of carbonyl (C=O) groups excluding carboxylic acids is 1. The topological polar surface area (TPSA) is 25.2 Å². The van der Waals surface area contributed by atoms with E-state index in [2.05, 4.69) is 6.92 Å². The second-order valence-electron chi connectivity index (χ2n) is 6.35. The van der Waals surface area contributed by atoms with E-state index in [1.165, 1.54) is 12.1 Å². The SMILES string of the molecule is CCCCN(Cc1cccn1Cc1cccc(C(F)(F)F)c1)C(=O)CC. The lowest BCUT2D eigenvalue weighted by molar-refractivity contribution is -0.137. The Morgan fingerprint density at radius 3 is 2.58 bits per heavy atom. The van der Waals surface area contributed by atoms with Crippen LogP contribution in [0.5, 0.6) is 0 Å². The Bertz CT molecular complexity index is 722. The van der Waals surface area contributed by atoms with Gasteiger partial charge in [-0.1, -0.05) is 32.4 Å². The first-order valence-corrected chi connectivity index (χ1v) is 8.93. The molecule has 0 unspecified atom stereocenters. The Labute approximate surface area is 152 Å². The van der Waals surface area contributed by atoms with E-state index in [9.17, 15) is 18.0 Å². The summed E-state index contributed by atoms with van der Waals surface area (Å²) in [7, 11) is 0. The molecule has 1 aromatic carbocycles. The summed E-state index contributed by atoms with van der Waals surface area (Å²) < 4.78 is 40.6. The predicted molar refractivity (Wildman–Crippen MR) is 95.6 cm³/mol. The smallest absolute Gasteiger partial charge is 0.345 e. The van der Waals surface area contributed by atoms with E-state index in [4.69, 9.17) is 0 Å². The Morgan fingerprint density at radius 1 is 1.15 bits per heavy atom. The maximum Gasteiger partial charge on any atom is 0.416 e. The molecule has 1 aromatic heterocycles. The molecule has 0 aliphatic rings. The van der Waals surface area contributed by atoms with Gasteiger partial charge in [-0.25, -0.2) is 0 Å². The molecule has 0 radical (unpaired) electrons. The molecule has 0 bridgehead atoms. The standard InChI is InChI=1S/C20H25F3N2O/c1-3-5-11-25(19(26)4-2)15-18-10-7-12-24(18)14-16-8-6-9-17(13-16)20(21,22)23/h6-10,12-13H,3-5,11,14-15H2,1-2H3. The minimum absolute atomic E-state index is 0.0882. The fourth-order valence-electron chi connectivity index (χ4n) is 2.85. The molecule has 0 N–H and O–H groups in total. The average molecular weight is 366 g/mol. The van der Waals surface area contributed by atoms with Crippen LogP contribution in [0.2, 0.25) is 0 Å². The Kier molecular flexibility index (Phi) is 6.89. The van der Waals surface area contributed by atoms with Crippen LogP contribution in [0, 0.1) is 0 Å². The molecule has 0 fully saturated rings. The van der Waals surface area contributed by atoms with E-state index in [0.717, 1.165) is 24.6 Å². The minimum Gasteiger partial charge on any atom is -0.345 e. The highest BCUT2D eigenvalue weighted by molar-refractivity contribution is 5.75. The summed E-state index contributed by atoms with van der Waals surface area (Å²) in [6.07, 6.45) is -0.138. The van der Waals surface area contributed by atoms with Gasteiger partial charge in [0.1, 0.15) is 0 Å². The second kappa shape index (κ2) is 8.92. The van der Waals surface area contributed by atoms with E-state index in [1.807, 2.05) is 34.7 Å². The van der Waals surface area contributed by atoms with Crippen LogP contribution in [-0.4, -0.2) is 21.9 Å². The van der Waals surface area contributed by atoms with Crippen LogP contribution in [-0.2, 0) is 24.1 Å². The number of nitrogens with zero attached hydrogens (tertiary/aromatic N) is 2. The first-order chi connectivity index (χ1) is 12.3. The lowest BCUT2D eigenvalue weighted by Gasteiger charge is -2.23. The summed E-state index contributed by atoms with van der Waals surface area (Å²) in [5.41, 5.74) is 0.856. The Hall–Kier alpha value is -2.24. The van der Waals surface area contributed by atoms with Crippen LogP contribution >= 0.6 is 0 Å². The zero-order valence-electron chi connectivity index (χ0n) is 15.2. The quantitative estimate of drug-likeness (QED) is 0.638. The summed E-state index contributed by atoms with van der Waals surface area (Å²) in [6.45, 7) is 5.42. The fourth-order valence-corrected chi connectivity index (χ4v) is 2.85. The number of halogens is 3. The lowest BCUT2D eigenvalue weighted by Crippen LogP contribution is -2.31. The monoisotopic (exact) mass is 366 g/mol. The van der Waals surface area contributed by atoms with Crippen molar-refractivity contribution in [3.8, 4) is 0 Å². The molecule has 6 heteroatoms. The summed E-state index contributed by atoms with van der Waals surface area (Å²) in [6, 6.07) is 9.13. The van der Waals surface area contributed by atoms with Crippen LogP contribution in [0.1, 0.15) is 49.9 Å². The fraction of sp³-hybridized carbons (Fsp3) is 0.450. The van der Waals surface area contributed by atoms with E-state index < -0.39 is 11.7 Å². The van der Waals surface area contributed by atoms with Gasteiger partial charge in [-0.15, -0.1) is 0 Å². The number of carbonyl (C=O) groups is 1. The molecule has 0 saturated carbocycles. The number of hydrogen-bond acceptors (Lipinski definition) is 1. The van der Waals surface area contributed by atoms with E-state index in [-0.39, 0.29) is 5.91 Å². The molecule has 0 aliphatic carbocycles. The van der Waals surface area contributed by atoms with Gasteiger partial charge in [0.15, 0.2) is 0 Å². The van der Waals surface area contributed by atoms with E-state index in [1.54, 1.807) is 6.07 Å². The van der Waals surface area contributed by atoms with Crippen LogP contribution in [0.15, 0.2) is 42.6 Å². The summed E-state index contributed by atoms with van der Waals surface area (Å²) in [5, 5.41) is 0. The molecular weight excluding hydrogens is 341 g/mol. The van der Waals surface area contributed by atoms with Gasteiger partial charge in [0, 0.05) is 31.4 Å². The Morgan fingerprint density at radius 2 is 1.92 bits per heavy atom. The highest BCUT2D eigenvalue weighted by Gasteiger charge is 2.30. The normalized spacial score (nSPS) is 11.6. The second-order valence-corrected chi connectivity index (χ2v) is 6.35. The van der Waals surface area contributed by atoms with Crippen LogP contribution in [0.4, 0.5) is 13.2 Å². The first-order valence-electron chi connectivity index (χ1n) is 8.93. The zero-order chi connectivity index (χ0) is 19.2. The van der Waals surface area contributed by atoms with Crippen molar-refractivity contribution in [2.45, 2.75) is 52.4 Å². The van der Waals surface area contributed by atoms with Gasteiger partial charge in [-0.2, -0.15) is 13.2 Å². The summed E-state index contributed by atoms with van der Waals surface area (Å²) >= 11 is 0. The third-order valence-corrected chi connectivity index (χ3v) is 4.32. The predicted octanol–water partition coefficient (Wildman–Crippen LogP) is 5.09. The van der Waals surface area contributed by atoms with Gasteiger partial charge in [0.05, 0.1) is 12.1 Å². The number of amides is 1. The molecule has 142 valence electrons. The molecule has 2 aromatic rings. The highest BCUT2D eigenvalue weighted by Crippen LogP contribution is 2.29. The molecule has 0 saturated heterocycles. The molecule has 0 spiro atoms. The third kappa shape index (κ3) is 5.38. The average Bonchev–Trinajstić information content (AvgIpc) is 3.04. The molecule has 1 amide bonds. The number of benzene rings is 1. The molecule has 2 rings (SSSR count). The van der Waals surface area contributed by atoms with Gasteiger partial charge < -0.3 is 9.47 Å². The largest absolute Gasteiger partial charge is 0.416 e. The van der Waals surface area contributed by atoms with Gasteiger partial charge in [-0.3, -0.25) is 4.79 Å². The van der Waals surface area contributed by atoms with Crippen molar-refractivity contribution in [3.63, 3.8) is 0 Å². The first kappa shape index (κ1) is 20.1. The molecular formula is C20H25F3N2O. The van der Waals surface area contributed by atoms with Crippen molar-refractivity contribution < 1.29 is 18.0 Å². The van der Waals surface area contributed by atoms with Crippen LogP contribution < -0.4 is 0 Å². The summed E-state index contributed by atoms with van der Waals surface area (Å²) in [4.78, 5) is 14.0. The number of rotatable bonds is 8. The van der Waals surface area contributed by atoms with Gasteiger partial charge in [0.2, 0.25) is 5.91 Å². The number of hydrogen-bond donors (Lipinski definition) is 0. The highest BCUT2D eigenvalue weighted by atomic mass is 19.4. The van der Waals surface area contributed by atoms with E-state index >= 15 is 0 Å². The van der Waals surface area contributed by atoms with Gasteiger partial charge >= 0.3 is 6.18 Å². The van der Waals surface area contributed by atoms with Gasteiger partial charge in [0.25, 0.3) is 0 Å². The number of alkyl halides is 3. The molecule has 0 aliphatic heterocycles. The van der Waals surface area contributed by atoms with Crippen molar-refractivity contribution >= 4 is 5.91 Å². The third-order valence-electron chi connectivity index (χ3n) is 4.32. The van der Waals surface area contributed by atoms with E-state index in [0.29, 0.717) is 31.6 Å². The minimum atomic E-state index is -4.35. The lowest BCUT2D eigenvalue weighted by atomic mass is 10.1. The molecule has 3 nitrogen and oxygen atoms in total. The van der Waals surface area contributed by atoms with Crippen LogP contribution in [0.25, 0.3) is 0 Å².